The van der Waals surface area contributed by atoms with Crippen molar-refractivity contribution in [3.8, 4) is 0 Å². The Hall–Kier alpha value is -1.61. The van der Waals surface area contributed by atoms with Gasteiger partial charge in [-0.05, 0) is 38.8 Å². The van der Waals surface area contributed by atoms with Gasteiger partial charge in [0.05, 0.1) is 0 Å². The average Bonchev–Trinajstić information content (AvgIpc) is 2.85. The van der Waals surface area contributed by atoms with Crippen LogP contribution in [0.5, 0.6) is 0 Å². The molecule has 1 heterocycles. The Balaban J connectivity index is 1.82. The summed E-state index contributed by atoms with van der Waals surface area (Å²) in [6.07, 6.45) is 8.35. The van der Waals surface area contributed by atoms with Crippen molar-refractivity contribution in [2.75, 3.05) is 7.05 Å². The molecule has 0 bridgehead atoms. The summed E-state index contributed by atoms with van der Waals surface area (Å²) in [5, 5.41) is 3.43. The van der Waals surface area contributed by atoms with Gasteiger partial charge in [0.1, 0.15) is 5.82 Å². The Morgan fingerprint density at radius 2 is 2.05 bits per heavy atom. The highest BCUT2D eigenvalue weighted by molar-refractivity contribution is 5.22. The van der Waals surface area contributed by atoms with Crippen molar-refractivity contribution in [3.05, 3.63) is 53.6 Å². The normalized spacial score (nSPS) is 12.6. The first-order chi connectivity index (χ1) is 9.69. The number of rotatable bonds is 7. The summed E-state index contributed by atoms with van der Waals surface area (Å²) in [7, 11) is 4.11. The standard InChI is InChI=1S/C17H25N3/c1-14-5-4-6-15(13-14)7-8-16(18-2)9-10-17-19-11-12-20(17)3/h4-6,11-13,16,18H,7-10H2,1-3H3. The van der Waals surface area contributed by atoms with E-state index < -0.39 is 0 Å². The minimum atomic E-state index is 0.548. The van der Waals surface area contributed by atoms with E-state index in [-0.39, 0.29) is 0 Å². The SMILES string of the molecule is CNC(CCc1cccc(C)c1)CCc1nccn1C. The molecule has 0 amide bonds. The van der Waals surface area contributed by atoms with Gasteiger partial charge in [0.2, 0.25) is 0 Å². The van der Waals surface area contributed by atoms with Gasteiger partial charge < -0.3 is 9.88 Å². The average molecular weight is 271 g/mol. The van der Waals surface area contributed by atoms with Gasteiger partial charge in [0, 0.05) is 31.9 Å². The van der Waals surface area contributed by atoms with Crippen molar-refractivity contribution < 1.29 is 0 Å². The quantitative estimate of drug-likeness (QED) is 0.839. The molecule has 2 rings (SSSR count). The highest BCUT2D eigenvalue weighted by atomic mass is 15.0. The van der Waals surface area contributed by atoms with E-state index in [1.807, 2.05) is 12.4 Å². The molecule has 0 aliphatic heterocycles. The lowest BCUT2D eigenvalue weighted by Gasteiger charge is -2.16. The molecule has 1 atom stereocenters. The van der Waals surface area contributed by atoms with Crippen molar-refractivity contribution in [1.82, 2.24) is 14.9 Å². The van der Waals surface area contributed by atoms with Crippen LogP contribution >= 0.6 is 0 Å². The zero-order valence-corrected chi connectivity index (χ0v) is 12.8. The first kappa shape index (κ1) is 14.8. The lowest BCUT2D eigenvalue weighted by atomic mass is 10.0. The molecule has 1 aromatic heterocycles. The Kier molecular flexibility index (Phi) is 5.36. The summed E-state index contributed by atoms with van der Waals surface area (Å²) < 4.78 is 2.10. The second-order valence-corrected chi connectivity index (χ2v) is 5.51. The molecule has 0 spiro atoms. The van der Waals surface area contributed by atoms with Gasteiger partial charge in [-0.2, -0.15) is 0 Å². The molecule has 20 heavy (non-hydrogen) atoms. The summed E-state index contributed by atoms with van der Waals surface area (Å²) in [4.78, 5) is 4.39. The van der Waals surface area contributed by atoms with Crippen molar-refractivity contribution in [2.45, 2.75) is 38.6 Å². The Morgan fingerprint density at radius 1 is 1.25 bits per heavy atom. The fraction of sp³-hybridized carbons (Fsp3) is 0.471. The highest BCUT2D eigenvalue weighted by Gasteiger charge is 2.08. The minimum Gasteiger partial charge on any atom is -0.338 e. The summed E-state index contributed by atoms with van der Waals surface area (Å²) >= 11 is 0. The smallest absolute Gasteiger partial charge is 0.108 e. The fourth-order valence-electron chi connectivity index (χ4n) is 2.58. The van der Waals surface area contributed by atoms with Gasteiger partial charge in [-0.1, -0.05) is 29.8 Å². The zero-order valence-electron chi connectivity index (χ0n) is 12.8. The number of nitrogens with one attached hydrogen (secondary N) is 1. The molecule has 0 aliphatic carbocycles. The lowest BCUT2D eigenvalue weighted by molar-refractivity contribution is 0.481. The van der Waals surface area contributed by atoms with Gasteiger partial charge in [0.15, 0.2) is 0 Å². The molecule has 0 radical (unpaired) electrons. The summed E-state index contributed by atoms with van der Waals surface area (Å²) in [5.74, 6) is 1.17. The van der Waals surface area contributed by atoms with Crippen LogP contribution in [0, 0.1) is 6.92 Å². The van der Waals surface area contributed by atoms with Crippen LogP contribution in [0.3, 0.4) is 0 Å². The van der Waals surface area contributed by atoms with E-state index in [9.17, 15) is 0 Å². The molecule has 1 unspecified atom stereocenters. The van der Waals surface area contributed by atoms with E-state index in [2.05, 4.69) is 60.2 Å². The van der Waals surface area contributed by atoms with Gasteiger partial charge in [0.25, 0.3) is 0 Å². The van der Waals surface area contributed by atoms with Gasteiger partial charge in [-0.15, -0.1) is 0 Å². The second-order valence-electron chi connectivity index (χ2n) is 5.51. The van der Waals surface area contributed by atoms with Crippen LogP contribution in [0.1, 0.15) is 29.8 Å². The van der Waals surface area contributed by atoms with Crippen LogP contribution in [0.2, 0.25) is 0 Å². The molecule has 3 heteroatoms. The number of imidazole rings is 1. The number of hydrogen-bond donors (Lipinski definition) is 1. The maximum Gasteiger partial charge on any atom is 0.108 e. The van der Waals surface area contributed by atoms with Crippen LogP contribution in [0.15, 0.2) is 36.7 Å². The first-order valence-corrected chi connectivity index (χ1v) is 7.38. The Bertz CT molecular complexity index is 531. The zero-order chi connectivity index (χ0) is 14.4. The largest absolute Gasteiger partial charge is 0.338 e. The third kappa shape index (κ3) is 4.20. The molecular weight excluding hydrogens is 246 g/mol. The monoisotopic (exact) mass is 271 g/mol. The molecule has 0 fully saturated rings. The summed E-state index contributed by atoms with van der Waals surface area (Å²) in [6, 6.07) is 9.35. The van der Waals surface area contributed by atoms with E-state index in [1.165, 1.54) is 23.4 Å². The summed E-state index contributed by atoms with van der Waals surface area (Å²) in [6.45, 7) is 2.15. The van der Waals surface area contributed by atoms with E-state index >= 15 is 0 Å². The summed E-state index contributed by atoms with van der Waals surface area (Å²) in [5.41, 5.74) is 2.78. The van der Waals surface area contributed by atoms with E-state index in [0.717, 1.165) is 19.3 Å². The second kappa shape index (κ2) is 7.25. The predicted molar refractivity (Wildman–Crippen MR) is 83.9 cm³/mol. The van der Waals surface area contributed by atoms with Crippen molar-refractivity contribution in [1.29, 1.82) is 0 Å². The number of aryl methyl sites for hydroxylation is 4. The number of nitrogens with zero attached hydrogens (tertiary/aromatic N) is 2. The number of aromatic nitrogens is 2. The van der Waals surface area contributed by atoms with Crippen LogP contribution in [-0.4, -0.2) is 22.6 Å². The molecule has 3 nitrogen and oxygen atoms in total. The van der Waals surface area contributed by atoms with Gasteiger partial charge in [-0.25, -0.2) is 4.98 Å². The van der Waals surface area contributed by atoms with Crippen LogP contribution in [0.4, 0.5) is 0 Å². The molecular formula is C17H25N3. The highest BCUT2D eigenvalue weighted by Crippen LogP contribution is 2.11. The third-order valence-corrected chi connectivity index (χ3v) is 3.91. The Morgan fingerprint density at radius 3 is 2.70 bits per heavy atom. The Labute approximate surface area is 122 Å². The minimum absolute atomic E-state index is 0.548. The van der Waals surface area contributed by atoms with Gasteiger partial charge >= 0.3 is 0 Å². The van der Waals surface area contributed by atoms with Gasteiger partial charge in [-0.3, -0.25) is 0 Å². The molecule has 0 saturated heterocycles. The van der Waals surface area contributed by atoms with Crippen LogP contribution in [0.25, 0.3) is 0 Å². The maximum atomic E-state index is 4.39. The molecule has 1 aromatic carbocycles. The van der Waals surface area contributed by atoms with Crippen molar-refractivity contribution >= 4 is 0 Å². The molecule has 0 aliphatic rings. The van der Waals surface area contributed by atoms with Crippen molar-refractivity contribution in [3.63, 3.8) is 0 Å². The molecule has 108 valence electrons. The number of hydrogen-bond acceptors (Lipinski definition) is 2. The number of benzene rings is 1. The molecule has 2 aromatic rings. The van der Waals surface area contributed by atoms with E-state index in [4.69, 9.17) is 0 Å². The first-order valence-electron chi connectivity index (χ1n) is 7.38. The third-order valence-electron chi connectivity index (χ3n) is 3.91. The van der Waals surface area contributed by atoms with Crippen LogP contribution < -0.4 is 5.32 Å². The topological polar surface area (TPSA) is 29.9 Å². The van der Waals surface area contributed by atoms with Crippen molar-refractivity contribution in [2.24, 2.45) is 7.05 Å². The van der Waals surface area contributed by atoms with E-state index in [1.54, 1.807) is 0 Å². The van der Waals surface area contributed by atoms with Crippen LogP contribution in [-0.2, 0) is 19.9 Å². The fourth-order valence-corrected chi connectivity index (χ4v) is 2.58. The van der Waals surface area contributed by atoms with E-state index in [0.29, 0.717) is 6.04 Å². The molecule has 0 saturated carbocycles. The maximum absolute atomic E-state index is 4.39. The predicted octanol–water partition coefficient (Wildman–Crippen LogP) is 2.88. The lowest BCUT2D eigenvalue weighted by Crippen LogP contribution is -2.26. The molecule has 1 N–H and O–H groups in total.